The first-order valence-corrected chi connectivity index (χ1v) is 9.97. The molecule has 0 bridgehead atoms. The fraction of sp³-hybridized carbons (Fsp3) is 0.167. The van der Waals surface area contributed by atoms with Gasteiger partial charge in [-0.3, -0.25) is 0 Å². The van der Waals surface area contributed by atoms with Crippen LogP contribution in [0, 0.1) is 11.3 Å². The number of halogens is 11. The summed E-state index contributed by atoms with van der Waals surface area (Å²) in [6, 6.07) is 0.847. The van der Waals surface area contributed by atoms with Crippen molar-refractivity contribution in [3.63, 3.8) is 0 Å². The summed E-state index contributed by atoms with van der Waals surface area (Å²) >= 11 is 10.3. The van der Waals surface area contributed by atoms with E-state index in [2.05, 4.69) is 5.10 Å². The summed E-state index contributed by atoms with van der Waals surface area (Å²) in [6.07, 6.45) is 0. The molecule has 0 spiro atoms. The molecule has 3 nitrogen and oxygen atoms in total. The Morgan fingerprint density at radius 1 is 1.11 bits per heavy atom. The molecule has 0 saturated carbocycles. The molecule has 0 aliphatic rings. The molecule has 2 rings (SSSR count). The normalized spacial score (nSPS) is 15.1. The third-order valence-corrected chi connectivity index (χ3v) is 5.60. The number of nitriles is 1. The van der Waals surface area contributed by atoms with Crippen molar-refractivity contribution in [3.05, 3.63) is 33.6 Å². The van der Waals surface area contributed by atoms with E-state index < -0.39 is 71.1 Å². The summed E-state index contributed by atoms with van der Waals surface area (Å²) in [4.78, 5) is -3.43. The van der Waals surface area contributed by atoms with Crippen molar-refractivity contribution in [3.8, 4) is 11.8 Å². The van der Waals surface area contributed by atoms with Crippen LogP contribution in [0.2, 0.25) is 10.0 Å². The SMILES string of the molecule is N#Cc1nn(-c2c(Cl)cc(S(F)(F)(F)(F)F)cc2Cl)c(CF)c1SC(F)(F)F. The molecular formula is C12H4Cl2F9N3S2. The Labute approximate surface area is 164 Å². The van der Waals surface area contributed by atoms with Gasteiger partial charge in [0.15, 0.2) is 5.69 Å². The lowest BCUT2D eigenvalue weighted by Crippen LogP contribution is -2.09. The fourth-order valence-electron chi connectivity index (χ4n) is 2.00. The number of alkyl halides is 4. The number of aromatic nitrogens is 2. The zero-order chi connectivity index (χ0) is 21.8. The van der Waals surface area contributed by atoms with E-state index in [1.54, 1.807) is 0 Å². The summed E-state index contributed by atoms with van der Waals surface area (Å²) in [5.41, 5.74) is -7.57. The van der Waals surface area contributed by atoms with Crippen molar-refractivity contribution in [1.82, 2.24) is 9.78 Å². The topological polar surface area (TPSA) is 41.6 Å². The molecule has 0 amide bonds. The number of thioether (sulfide) groups is 1. The van der Waals surface area contributed by atoms with Crippen LogP contribution in [0.1, 0.15) is 11.4 Å². The lowest BCUT2D eigenvalue weighted by molar-refractivity contribution is -0.0328. The first-order valence-electron chi connectivity index (χ1n) is 6.45. The van der Waals surface area contributed by atoms with Gasteiger partial charge in [-0.15, -0.1) is 0 Å². The molecule has 0 aliphatic carbocycles. The molecule has 0 fully saturated rings. The van der Waals surface area contributed by atoms with Crippen molar-refractivity contribution >= 4 is 45.2 Å². The quantitative estimate of drug-likeness (QED) is 0.321. The van der Waals surface area contributed by atoms with Crippen LogP contribution in [0.25, 0.3) is 5.69 Å². The average Bonchev–Trinajstić information content (AvgIpc) is 2.79. The monoisotopic (exact) mass is 495 g/mol. The zero-order valence-corrected chi connectivity index (χ0v) is 15.8. The molecule has 0 N–H and O–H groups in total. The van der Waals surface area contributed by atoms with Gasteiger partial charge in [0.25, 0.3) is 0 Å². The second-order valence-electron chi connectivity index (χ2n) is 5.03. The smallest absolute Gasteiger partial charge is 0.244 e. The molecule has 1 aromatic heterocycles. The number of rotatable bonds is 4. The molecule has 0 radical (unpaired) electrons. The van der Waals surface area contributed by atoms with Crippen LogP contribution in [0.5, 0.6) is 0 Å². The first kappa shape index (κ1) is 22.9. The highest BCUT2D eigenvalue weighted by Gasteiger charge is 2.65. The number of hydrogen-bond acceptors (Lipinski definition) is 3. The summed E-state index contributed by atoms with van der Waals surface area (Å²) < 4.78 is 116. The van der Waals surface area contributed by atoms with E-state index in [9.17, 15) is 37.0 Å². The minimum absolute atomic E-state index is 0.212. The Balaban J connectivity index is 2.79. The summed E-state index contributed by atoms with van der Waals surface area (Å²) in [5.74, 6) is 0. The molecule has 1 heterocycles. The van der Waals surface area contributed by atoms with Crippen LogP contribution in [0.3, 0.4) is 0 Å². The first-order chi connectivity index (χ1) is 12.4. The maximum absolute atomic E-state index is 13.4. The molecule has 0 atom stereocenters. The van der Waals surface area contributed by atoms with Crippen molar-refractivity contribution in [1.29, 1.82) is 5.26 Å². The highest BCUT2D eigenvalue weighted by molar-refractivity contribution is 8.45. The van der Waals surface area contributed by atoms with E-state index in [0.29, 0.717) is 0 Å². The van der Waals surface area contributed by atoms with Crippen LogP contribution in [0.4, 0.5) is 37.0 Å². The second-order valence-corrected chi connectivity index (χ2v) is 9.33. The van der Waals surface area contributed by atoms with Gasteiger partial charge in [0.05, 0.1) is 20.6 Å². The second kappa shape index (κ2) is 6.28. The zero-order valence-electron chi connectivity index (χ0n) is 12.7. The van der Waals surface area contributed by atoms with E-state index in [0.717, 1.165) is 0 Å². The summed E-state index contributed by atoms with van der Waals surface area (Å²) in [5, 5.41) is 10.1. The third-order valence-electron chi connectivity index (χ3n) is 3.03. The Hall–Kier alpha value is -1.43. The summed E-state index contributed by atoms with van der Waals surface area (Å²) in [7, 11) is -10.2. The predicted molar refractivity (Wildman–Crippen MR) is 86.4 cm³/mol. The van der Waals surface area contributed by atoms with Crippen molar-refractivity contribution < 1.29 is 37.0 Å². The molecule has 0 aliphatic heterocycles. The highest BCUT2D eigenvalue weighted by Crippen LogP contribution is 3.02. The lowest BCUT2D eigenvalue weighted by Gasteiger charge is -2.40. The molecule has 0 unspecified atom stereocenters. The molecular weight excluding hydrogens is 492 g/mol. The Morgan fingerprint density at radius 3 is 1.96 bits per heavy atom. The van der Waals surface area contributed by atoms with Gasteiger partial charge in [-0.05, 0) is 23.9 Å². The molecule has 156 valence electrons. The van der Waals surface area contributed by atoms with E-state index in [-0.39, 0.29) is 16.8 Å². The van der Waals surface area contributed by atoms with Gasteiger partial charge in [0.2, 0.25) is 0 Å². The van der Waals surface area contributed by atoms with Gasteiger partial charge in [0.1, 0.15) is 23.3 Å². The minimum Gasteiger partial charge on any atom is -0.244 e. The van der Waals surface area contributed by atoms with E-state index >= 15 is 0 Å². The van der Waals surface area contributed by atoms with Crippen molar-refractivity contribution in [2.75, 3.05) is 0 Å². The van der Waals surface area contributed by atoms with E-state index in [1.807, 2.05) is 0 Å². The number of hydrogen-bond donors (Lipinski definition) is 0. The van der Waals surface area contributed by atoms with Gasteiger partial charge in [-0.2, -0.15) is 23.5 Å². The van der Waals surface area contributed by atoms with Gasteiger partial charge in [0, 0.05) is 0 Å². The van der Waals surface area contributed by atoms with Crippen LogP contribution in [-0.2, 0) is 6.67 Å². The van der Waals surface area contributed by atoms with Crippen LogP contribution < -0.4 is 0 Å². The Kier molecular flexibility index (Phi) is 5.13. The molecule has 1 aromatic carbocycles. The van der Waals surface area contributed by atoms with E-state index in [1.165, 1.54) is 6.07 Å². The average molecular weight is 496 g/mol. The standard InChI is InChI=1S/C12H4Cl2F9N3S2/c13-6-1-5(28(19,20,21,22)23)2-7(14)10(6)26-9(3-15)11(8(4-24)25-26)27-12(16,17)18/h1-2H,3H2. The lowest BCUT2D eigenvalue weighted by atomic mass is 10.3. The Bertz CT molecular complexity index is 971. The number of nitrogens with zero attached hydrogens (tertiary/aromatic N) is 3. The van der Waals surface area contributed by atoms with Crippen LogP contribution >= 0.6 is 45.2 Å². The van der Waals surface area contributed by atoms with E-state index in [4.69, 9.17) is 28.5 Å². The highest BCUT2D eigenvalue weighted by atomic mass is 35.5. The molecule has 0 saturated heterocycles. The molecule has 28 heavy (non-hydrogen) atoms. The largest absolute Gasteiger partial charge is 0.446 e. The van der Waals surface area contributed by atoms with Crippen LogP contribution in [0.15, 0.2) is 21.9 Å². The maximum atomic E-state index is 13.4. The maximum Gasteiger partial charge on any atom is 0.446 e. The van der Waals surface area contributed by atoms with Crippen LogP contribution in [-0.4, -0.2) is 15.3 Å². The van der Waals surface area contributed by atoms with Gasteiger partial charge in [-0.25, -0.2) is 9.07 Å². The van der Waals surface area contributed by atoms with Crippen molar-refractivity contribution in [2.45, 2.75) is 22.0 Å². The van der Waals surface area contributed by atoms with Gasteiger partial charge < -0.3 is 0 Å². The van der Waals surface area contributed by atoms with Crippen molar-refractivity contribution in [2.24, 2.45) is 0 Å². The molecule has 2 aromatic rings. The number of benzene rings is 1. The fourth-order valence-corrected chi connectivity index (χ4v) is 4.14. The summed E-state index contributed by atoms with van der Waals surface area (Å²) in [6.45, 7) is -1.65. The third kappa shape index (κ3) is 4.76. The predicted octanol–water partition coefficient (Wildman–Crippen LogP) is 7.79. The Morgan fingerprint density at radius 2 is 1.61 bits per heavy atom. The minimum atomic E-state index is -10.2. The molecule has 16 heteroatoms. The van der Waals surface area contributed by atoms with Gasteiger partial charge in [-0.1, -0.05) is 42.6 Å². The van der Waals surface area contributed by atoms with Gasteiger partial charge >= 0.3 is 15.7 Å².